The van der Waals surface area contributed by atoms with Gasteiger partial charge in [-0.15, -0.1) is 0 Å². The Bertz CT molecular complexity index is 1120. The van der Waals surface area contributed by atoms with Gasteiger partial charge in [-0.05, 0) is 0 Å². The van der Waals surface area contributed by atoms with E-state index in [1.807, 2.05) is 42.5 Å². The summed E-state index contributed by atoms with van der Waals surface area (Å²) >= 11 is -3.54. The molecule has 1 unspecified atom stereocenters. The third-order valence-corrected chi connectivity index (χ3v) is 20.4. The summed E-state index contributed by atoms with van der Waals surface area (Å²) < 4.78 is 9.46. The Hall–Kier alpha value is -3.15. The fourth-order valence-electron chi connectivity index (χ4n) is 4.47. The number of hydrogen-bond acceptors (Lipinski definition) is 3. The molecule has 170 valence electrons. The van der Waals surface area contributed by atoms with Crippen molar-refractivity contribution >= 4 is 41.2 Å². The predicted octanol–water partition coefficient (Wildman–Crippen LogP) is 4.02. The molecule has 0 heterocycles. The molecule has 34 heavy (non-hydrogen) atoms. The van der Waals surface area contributed by atoms with Gasteiger partial charge in [0.1, 0.15) is 0 Å². The number of rotatable bonds is 8. The van der Waals surface area contributed by atoms with E-state index in [0.717, 1.165) is 5.56 Å². The van der Waals surface area contributed by atoms with E-state index in [1.165, 1.54) is 17.8 Å². The maximum atomic E-state index is 11.7. The molecule has 0 aromatic heterocycles. The SMILES string of the molecule is COC(=O)c1ccc(/C=C/C(O)[CH2][Sn]([c]2ccccc2)([c]2ccccc2)[c]2ccccc2)cc1. The van der Waals surface area contributed by atoms with Gasteiger partial charge in [-0.25, -0.2) is 0 Å². The van der Waals surface area contributed by atoms with Crippen LogP contribution in [0.15, 0.2) is 121 Å². The van der Waals surface area contributed by atoms with Crippen molar-refractivity contribution in [2.75, 3.05) is 7.11 Å². The predicted molar refractivity (Wildman–Crippen MR) is 142 cm³/mol. The standard InChI is InChI=1S/C12H13O3.3C6H5.Sn/c1-9(13)3-4-10-5-7-11(8-6-10)12(14)15-2;3*1-2-4-6-5-3-1;/h3-9,13H,1H2,2H3;3*1-5H;/b4-3+;;;;. The quantitative estimate of drug-likeness (QED) is 0.264. The van der Waals surface area contributed by atoms with Crippen LogP contribution in [0.2, 0.25) is 4.44 Å². The van der Waals surface area contributed by atoms with E-state index in [0.29, 0.717) is 10.0 Å². The van der Waals surface area contributed by atoms with Crippen molar-refractivity contribution < 1.29 is 14.6 Å². The van der Waals surface area contributed by atoms with Crippen LogP contribution in [0.3, 0.4) is 0 Å². The van der Waals surface area contributed by atoms with Gasteiger partial charge in [0.2, 0.25) is 0 Å². The molecule has 1 atom stereocenters. The zero-order valence-electron chi connectivity index (χ0n) is 19.2. The molecule has 0 amide bonds. The second-order valence-electron chi connectivity index (χ2n) is 8.25. The normalized spacial score (nSPS) is 12.4. The summed E-state index contributed by atoms with van der Waals surface area (Å²) in [4.78, 5) is 11.7. The molecule has 1 N–H and O–H groups in total. The Labute approximate surface area is 205 Å². The first-order valence-electron chi connectivity index (χ1n) is 11.3. The van der Waals surface area contributed by atoms with Crippen LogP contribution in [0, 0.1) is 0 Å². The van der Waals surface area contributed by atoms with Crippen molar-refractivity contribution in [3.05, 3.63) is 132 Å². The zero-order valence-corrected chi connectivity index (χ0v) is 22.0. The molecule has 0 saturated heterocycles. The Morgan fingerprint density at radius 1 is 0.765 bits per heavy atom. The Kier molecular flexibility index (Phi) is 7.99. The van der Waals surface area contributed by atoms with Gasteiger partial charge in [0, 0.05) is 0 Å². The number of carbonyl (C=O) groups excluding carboxylic acids is 1. The average Bonchev–Trinajstić information content (AvgIpc) is 2.92. The molecule has 0 bridgehead atoms. The monoisotopic (exact) mass is 556 g/mol. The van der Waals surface area contributed by atoms with E-state index in [2.05, 4.69) is 72.8 Å². The van der Waals surface area contributed by atoms with Crippen LogP contribution in [0.1, 0.15) is 15.9 Å². The summed E-state index contributed by atoms with van der Waals surface area (Å²) in [5, 5.41) is 11.3. The molecule has 3 nitrogen and oxygen atoms in total. The molecule has 4 aromatic rings. The molecule has 0 radical (unpaired) electrons. The summed E-state index contributed by atoms with van der Waals surface area (Å²) in [5.74, 6) is -0.358. The minimum absolute atomic E-state index is 0.358. The van der Waals surface area contributed by atoms with Gasteiger partial charge in [-0.3, -0.25) is 0 Å². The summed E-state index contributed by atoms with van der Waals surface area (Å²) in [6.45, 7) is 0. The van der Waals surface area contributed by atoms with Crippen molar-refractivity contribution in [3.8, 4) is 0 Å². The molecule has 0 aliphatic carbocycles. The Morgan fingerprint density at radius 3 is 1.62 bits per heavy atom. The zero-order chi connectivity index (χ0) is 23.8. The van der Waals surface area contributed by atoms with E-state index >= 15 is 0 Å². The van der Waals surface area contributed by atoms with Crippen LogP contribution in [-0.2, 0) is 4.74 Å². The van der Waals surface area contributed by atoms with Crippen LogP contribution in [0.4, 0.5) is 0 Å². The van der Waals surface area contributed by atoms with E-state index in [-0.39, 0.29) is 5.97 Å². The van der Waals surface area contributed by atoms with Crippen LogP contribution in [-0.4, -0.2) is 42.7 Å². The van der Waals surface area contributed by atoms with Crippen LogP contribution >= 0.6 is 0 Å². The fraction of sp³-hybridized carbons (Fsp3) is 0.100. The van der Waals surface area contributed by atoms with E-state index < -0.39 is 24.5 Å². The van der Waals surface area contributed by atoms with Gasteiger partial charge in [0.05, 0.1) is 0 Å². The first-order chi connectivity index (χ1) is 16.6. The Morgan fingerprint density at radius 2 is 1.21 bits per heavy atom. The number of hydrogen-bond donors (Lipinski definition) is 1. The summed E-state index contributed by atoms with van der Waals surface area (Å²) in [5.41, 5.74) is 1.43. The van der Waals surface area contributed by atoms with Gasteiger partial charge >= 0.3 is 206 Å². The van der Waals surface area contributed by atoms with E-state index in [1.54, 1.807) is 12.1 Å². The van der Waals surface area contributed by atoms with E-state index in [9.17, 15) is 9.90 Å². The number of aliphatic hydroxyl groups excluding tert-OH is 1. The number of ether oxygens (including phenoxy) is 1. The van der Waals surface area contributed by atoms with Gasteiger partial charge in [-0.1, -0.05) is 0 Å². The molecule has 0 aliphatic heterocycles. The molecule has 0 aliphatic rings. The molecular weight excluding hydrogens is 527 g/mol. The van der Waals surface area contributed by atoms with Crippen molar-refractivity contribution in [2.45, 2.75) is 10.5 Å². The van der Waals surface area contributed by atoms with Gasteiger partial charge in [0.15, 0.2) is 0 Å². The average molecular weight is 555 g/mol. The van der Waals surface area contributed by atoms with Crippen LogP contribution in [0.5, 0.6) is 0 Å². The summed E-state index contributed by atoms with van der Waals surface area (Å²) in [6, 6.07) is 39.2. The number of benzene rings is 4. The first-order valence-corrected chi connectivity index (χ1v) is 17.6. The fourth-order valence-corrected chi connectivity index (χ4v) is 18.0. The third kappa shape index (κ3) is 5.32. The second kappa shape index (κ2) is 11.3. The molecular formula is C30H28O3Sn. The molecule has 4 rings (SSSR count). The van der Waals surface area contributed by atoms with Gasteiger partial charge in [-0.2, -0.15) is 0 Å². The second-order valence-corrected chi connectivity index (χ2v) is 19.5. The van der Waals surface area contributed by atoms with Crippen molar-refractivity contribution in [1.29, 1.82) is 0 Å². The molecule has 0 spiro atoms. The summed E-state index contributed by atoms with van der Waals surface area (Å²) in [7, 11) is 1.37. The summed E-state index contributed by atoms with van der Waals surface area (Å²) in [6.07, 6.45) is 3.17. The third-order valence-electron chi connectivity index (χ3n) is 6.16. The number of carbonyl (C=O) groups is 1. The van der Waals surface area contributed by atoms with E-state index in [4.69, 9.17) is 4.74 Å². The number of methoxy groups -OCH3 is 1. The molecule has 0 saturated carbocycles. The number of aliphatic hydroxyl groups is 1. The first kappa shape index (κ1) is 24.0. The topological polar surface area (TPSA) is 46.5 Å². The van der Waals surface area contributed by atoms with Crippen molar-refractivity contribution in [1.82, 2.24) is 0 Å². The van der Waals surface area contributed by atoms with Crippen molar-refractivity contribution in [3.63, 3.8) is 0 Å². The van der Waals surface area contributed by atoms with Gasteiger partial charge < -0.3 is 0 Å². The molecule has 4 aromatic carbocycles. The van der Waals surface area contributed by atoms with Crippen molar-refractivity contribution in [2.24, 2.45) is 0 Å². The van der Waals surface area contributed by atoms with Gasteiger partial charge in [0.25, 0.3) is 0 Å². The molecule has 4 heteroatoms. The van der Waals surface area contributed by atoms with Crippen LogP contribution in [0.25, 0.3) is 6.08 Å². The molecule has 0 fully saturated rings. The Balaban J connectivity index is 1.71. The van der Waals surface area contributed by atoms with Crippen LogP contribution < -0.4 is 10.7 Å². The maximum absolute atomic E-state index is 11.7. The number of esters is 1. The minimum atomic E-state index is -3.54.